The Hall–Kier alpha value is -3.61. The first-order chi connectivity index (χ1) is 20.2. The molecule has 226 valence electrons. The summed E-state index contributed by atoms with van der Waals surface area (Å²) in [4.78, 5) is 56.4. The van der Waals surface area contributed by atoms with Gasteiger partial charge in [0.25, 0.3) is 5.91 Å². The summed E-state index contributed by atoms with van der Waals surface area (Å²) in [5.41, 5.74) is 0.409. The molecule has 6 rings (SSSR count). The smallest absolute Gasteiger partial charge is 0.414 e. The van der Waals surface area contributed by atoms with Crippen LogP contribution in [0.4, 0.5) is 15.3 Å². The van der Waals surface area contributed by atoms with Crippen molar-refractivity contribution < 1.29 is 32.3 Å². The van der Waals surface area contributed by atoms with Crippen molar-refractivity contribution in [1.82, 2.24) is 20.3 Å². The second kappa shape index (κ2) is 11.2. The largest absolute Gasteiger partial charge is 0.444 e. The predicted octanol–water partition coefficient (Wildman–Crippen LogP) is 1.95. The predicted molar refractivity (Wildman–Crippen MR) is 153 cm³/mol. The van der Waals surface area contributed by atoms with Crippen LogP contribution >= 0.6 is 0 Å². The van der Waals surface area contributed by atoms with Crippen LogP contribution in [0.3, 0.4) is 0 Å². The third-order valence-electron chi connectivity index (χ3n) is 8.86. The third-order valence-corrected chi connectivity index (χ3v) is 10.7. The molecular weight excluding hydrogens is 562 g/mol. The van der Waals surface area contributed by atoms with Crippen LogP contribution in [0.2, 0.25) is 0 Å². The summed E-state index contributed by atoms with van der Waals surface area (Å²) in [7, 11) is -3.82. The highest BCUT2D eigenvalue weighted by molar-refractivity contribution is 7.91. The Morgan fingerprint density at radius 2 is 1.90 bits per heavy atom. The lowest BCUT2D eigenvalue weighted by Crippen LogP contribution is -2.57. The molecule has 1 saturated heterocycles. The molecule has 4 unspecified atom stereocenters. The molecular formula is C29H37N5O7S. The maximum atomic E-state index is 13.8. The number of nitrogens with zero attached hydrogens (tertiary/aromatic N) is 2. The van der Waals surface area contributed by atoms with Crippen LogP contribution in [-0.2, 0) is 30.8 Å². The minimum absolute atomic E-state index is 0.0176. The van der Waals surface area contributed by atoms with Gasteiger partial charge in [-0.25, -0.2) is 18.0 Å². The third kappa shape index (κ3) is 5.70. The van der Waals surface area contributed by atoms with E-state index in [0.717, 1.165) is 36.9 Å². The van der Waals surface area contributed by atoms with Crippen LogP contribution in [-0.4, -0.2) is 79.8 Å². The summed E-state index contributed by atoms with van der Waals surface area (Å²) in [6.45, 7) is 0.940. The maximum absolute atomic E-state index is 13.8. The fourth-order valence-electron chi connectivity index (χ4n) is 6.18. The number of anilines is 1. The number of para-hydroxylation sites is 1. The van der Waals surface area contributed by atoms with Gasteiger partial charge in [-0.3, -0.25) is 19.2 Å². The molecule has 13 heteroatoms. The number of nitrogens with one attached hydrogen (secondary N) is 3. The Morgan fingerprint density at radius 1 is 1.10 bits per heavy atom. The van der Waals surface area contributed by atoms with Crippen molar-refractivity contribution in [3.63, 3.8) is 0 Å². The van der Waals surface area contributed by atoms with Crippen molar-refractivity contribution in [2.75, 3.05) is 24.5 Å². The molecule has 5 aliphatic rings. The number of hydrogen-bond donors (Lipinski definition) is 3. The van der Waals surface area contributed by atoms with Crippen LogP contribution in [0.1, 0.15) is 56.9 Å². The number of urea groups is 1. The molecule has 1 aromatic rings. The van der Waals surface area contributed by atoms with E-state index in [1.54, 1.807) is 4.90 Å². The summed E-state index contributed by atoms with van der Waals surface area (Å²) in [5.74, 6) is -1.71. The van der Waals surface area contributed by atoms with Gasteiger partial charge in [-0.2, -0.15) is 0 Å². The molecule has 3 aliphatic heterocycles. The Balaban J connectivity index is 1.20. The van der Waals surface area contributed by atoms with E-state index in [9.17, 15) is 27.6 Å². The molecule has 2 aliphatic carbocycles. The van der Waals surface area contributed by atoms with E-state index in [2.05, 4.69) is 15.4 Å². The molecule has 3 fully saturated rings. The van der Waals surface area contributed by atoms with Crippen molar-refractivity contribution in [2.45, 2.75) is 80.7 Å². The lowest BCUT2D eigenvalue weighted by molar-refractivity contribution is -0.131. The number of rotatable bonds is 4. The molecule has 4 atom stereocenters. The highest BCUT2D eigenvalue weighted by Gasteiger charge is 2.62. The molecule has 12 nitrogen and oxygen atoms in total. The zero-order chi connectivity index (χ0) is 29.5. The molecule has 1 aromatic carbocycles. The van der Waals surface area contributed by atoms with Crippen LogP contribution < -0.4 is 20.3 Å². The molecule has 3 N–H and O–H groups in total. The molecule has 2 saturated carbocycles. The summed E-state index contributed by atoms with van der Waals surface area (Å²) < 4.78 is 33.1. The first-order valence-electron chi connectivity index (χ1n) is 14.8. The summed E-state index contributed by atoms with van der Waals surface area (Å²) in [5, 5.41) is 5.10. The van der Waals surface area contributed by atoms with Gasteiger partial charge in [0.2, 0.25) is 15.9 Å². The lowest BCUT2D eigenvalue weighted by Gasteiger charge is -2.26. The second-order valence-electron chi connectivity index (χ2n) is 11.9. The molecule has 3 heterocycles. The number of carbonyl (C=O) groups is 4. The number of amides is 5. The van der Waals surface area contributed by atoms with Gasteiger partial charge in [0.1, 0.15) is 17.7 Å². The minimum atomic E-state index is -3.82. The Labute approximate surface area is 245 Å². The highest BCUT2D eigenvalue weighted by Crippen LogP contribution is 2.46. The highest BCUT2D eigenvalue weighted by atomic mass is 32.2. The van der Waals surface area contributed by atoms with E-state index in [0.29, 0.717) is 32.4 Å². The van der Waals surface area contributed by atoms with Gasteiger partial charge in [-0.05, 0) is 56.6 Å². The number of ether oxygens (including phenoxy) is 1. The fraction of sp³-hybridized carbons (Fsp3) is 0.586. The minimum Gasteiger partial charge on any atom is -0.444 e. The van der Waals surface area contributed by atoms with Crippen molar-refractivity contribution in [3.05, 3.63) is 42.0 Å². The average molecular weight is 600 g/mol. The molecule has 0 spiro atoms. The average Bonchev–Trinajstić information content (AvgIpc) is 3.84. The van der Waals surface area contributed by atoms with Gasteiger partial charge >= 0.3 is 12.1 Å². The summed E-state index contributed by atoms with van der Waals surface area (Å²) in [6.07, 6.45) is 7.92. The van der Waals surface area contributed by atoms with E-state index in [-0.39, 0.29) is 25.3 Å². The molecule has 0 bridgehead atoms. The van der Waals surface area contributed by atoms with Gasteiger partial charge in [-0.1, -0.05) is 36.8 Å². The summed E-state index contributed by atoms with van der Waals surface area (Å²) in [6, 6.07) is 6.14. The van der Waals surface area contributed by atoms with Crippen LogP contribution in [0.5, 0.6) is 0 Å². The first-order valence-corrected chi connectivity index (χ1v) is 16.4. The lowest BCUT2D eigenvalue weighted by atomic mass is 10.1. The maximum Gasteiger partial charge on any atom is 0.414 e. The van der Waals surface area contributed by atoms with E-state index < -0.39 is 56.9 Å². The molecule has 0 radical (unpaired) electrons. The van der Waals surface area contributed by atoms with Gasteiger partial charge in [0, 0.05) is 25.4 Å². The van der Waals surface area contributed by atoms with E-state index in [1.807, 2.05) is 36.4 Å². The topological polar surface area (TPSA) is 154 Å². The van der Waals surface area contributed by atoms with Crippen molar-refractivity contribution in [2.24, 2.45) is 5.92 Å². The Kier molecular flexibility index (Phi) is 7.62. The van der Waals surface area contributed by atoms with Crippen molar-refractivity contribution >= 4 is 39.6 Å². The zero-order valence-corrected chi connectivity index (χ0v) is 24.2. The van der Waals surface area contributed by atoms with Crippen molar-refractivity contribution in [3.8, 4) is 0 Å². The Morgan fingerprint density at radius 3 is 2.71 bits per heavy atom. The van der Waals surface area contributed by atoms with Crippen LogP contribution in [0, 0.1) is 5.92 Å². The van der Waals surface area contributed by atoms with Gasteiger partial charge < -0.3 is 20.3 Å². The number of sulfonamides is 1. The van der Waals surface area contributed by atoms with Crippen molar-refractivity contribution in [1.29, 1.82) is 0 Å². The standard InChI is InChI=1S/C29H37N5O7S/c35-25-24-16-21(41-28(38)33-15-13-19-8-5-6-10-23(19)33)18-34(24)27(37)30-14-7-3-1-2-4-9-20-17-29(20,31-25)26(36)32-42(39,40)22-11-12-22/h4-6,8-10,20-22,24H,1-3,7,11-18H2,(H,30,37)(H,31,35)(H,32,36). The summed E-state index contributed by atoms with van der Waals surface area (Å²) >= 11 is 0. The molecule has 5 amide bonds. The molecule has 42 heavy (non-hydrogen) atoms. The van der Waals surface area contributed by atoms with Crippen LogP contribution in [0.25, 0.3) is 0 Å². The monoisotopic (exact) mass is 599 g/mol. The second-order valence-corrected chi connectivity index (χ2v) is 13.9. The van der Waals surface area contributed by atoms with Crippen LogP contribution in [0.15, 0.2) is 36.4 Å². The zero-order valence-electron chi connectivity index (χ0n) is 23.4. The van der Waals surface area contributed by atoms with E-state index in [1.165, 1.54) is 4.90 Å². The van der Waals surface area contributed by atoms with Gasteiger partial charge in [-0.15, -0.1) is 0 Å². The quantitative estimate of drug-likeness (QED) is 0.447. The van der Waals surface area contributed by atoms with E-state index in [4.69, 9.17) is 4.74 Å². The first kappa shape index (κ1) is 28.5. The number of fused-ring (bicyclic) bond motifs is 3. The van der Waals surface area contributed by atoms with E-state index >= 15 is 0 Å². The van der Waals surface area contributed by atoms with Gasteiger partial charge in [0.05, 0.1) is 17.5 Å². The number of hydrogen-bond acceptors (Lipinski definition) is 7. The van der Waals surface area contributed by atoms with Gasteiger partial charge in [0.15, 0.2) is 0 Å². The number of benzene rings is 1. The normalized spacial score (nSPS) is 29.7. The fourth-order valence-corrected chi connectivity index (χ4v) is 7.54. The SMILES string of the molecule is O=C1NC2(C(=O)NS(=O)(=O)C3CC3)CC2C=CCCCCCNC(=O)N2CC(OC(=O)N3CCc4ccccc43)CC12. The number of carbonyl (C=O) groups excluding carboxylic acids is 4. The molecule has 0 aromatic heterocycles. The Bertz CT molecular complexity index is 1410. The number of allylic oxidation sites excluding steroid dienone is 1.